The average Bonchev–Trinajstić information content (AvgIpc) is 3.55. The first kappa shape index (κ1) is 20.8. The largest absolute Gasteiger partial charge is 0.474 e. The van der Waals surface area contributed by atoms with E-state index in [1.165, 1.54) is 0 Å². The first-order valence-electron chi connectivity index (χ1n) is 11.1. The molecule has 166 valence electrons. The van der Waals surface area contributed by atoms with Crippen molar-refractivity contribution in [3.8, 4) is 5.88 Å². The second kappa shape index (κ2) is 7.52. The van der Waals surface area contributed by atoms with Gasteiger partial charge in [-0.25, -0.2) is 9.78 Å². The second-order valence-corrected chi connectivity index (χ2v) is 9.55. The normalized spacial score (nSPS) is 20.7. The van der Waals surface area contributed by atoms with Gasteiger partial charge in [-0.05, 0) is 62.8 Å². The molecule has 4 heterocycles. The monoisotopic (exact) mass is 432 g/mol. The van der Waals surface area contributed by atoms with Crippen molar-refractivity contribution in [2.75, 3.05) is 0 Å². The highest BCUT2D eigenvalue weighted by Gasteiger charge is 2.31. The van der Waals surface area contributed by atoms with Crippen molar-refractivity contribution in [2.45, 2.75) is 70.6 Å². The molecule has 5 rings (SSSR count). The molecule has 0 bridgehead atoms. The highest BCUT2D eigenvalue weighted by molar-refractivity contribution is 5.92. The summed E-state index contributed by atoms with van der Waals surface area (Å²) in [6.45, 7) is 7.87. The van der Waals surface area contributed by atoms with Crippen LogP contribution in [0.5, 0.6) is 5.88 Å². The zero-order valence-electron chi connectivity index (χ0n) is 18.9. The molecule has 0 aromatic carbocycles. The molecule has 1 aliphatic heterocycles. The summed E-state index contributed by atoms with van der Waals surface area (Å²) < 4.78 is 11.4. The Bertz CT molecular complexity index is 1210. The van der Waals surface area contributed by atoms with Crippen molar-refractivity contribution in [2.24, 2.45) is 5.73 Å². The molecule has 3 aromatic heterocycles. The highest BCUT2D eigenvalue weighted by Crippen LogP contribution is 2.35. The molecule has 1 saturated carbocycles. The van der Waals surface area contributed by atoms with Crippen LogP contribution >= 0.6 is 0 Å². The number of ether oxygens (including phenoxy) is 2. The lowest BCUT2D eigenvalue weighted by atomic mass is 9.92. The highest BCUT2D eigenvalue weighted by atomic mass is 16.5. The molecule has 1 aliphatic carbocycles. The van der Waals surface area contributed by atoms with Gasteiger partial charge in [-0.15, -0.1) is 0 Å². The number of fused-ring (bicyclic) bond motifs is 2. The molecular weight excluding hydrogens is 404 g/mol. The molecule has 3 aromatic rings. The van der Waals surface area contributed by atoms with Crippen LogP contribution in [0.2, 0.25) is 0 Å². The van der Waals surface area contributed by atoms with Crippen molar-refractivity contribution >= 4 is 16.7 Å². The predicted molar refractivity (Wildman–Crippen MR) is 121 cm³/mol. The van der Waals surface area contributed by atoms with Crippen molar-refractivity contribution < 1.29 is 14.3 Å². The maximum Gasteiger partial charge on any atom is 0.340 e. The summed E-state index contributed by atoms with van der Waals surface area (Å²) in [7, 11) is 0. The standard InChI is InChI=1S/C25H28N4O3/c1-13-14(2)31-24(30)18-8-5-15(29-22(13)18)9-16-10-19-20(11-27-16)23(32-17-6-7-17)28-12-21(19)25(3,4)26/h5,8,10-14,17H,6-7,9,26H2,1-4H3/t13-,14-/m1/s1. The van der Waals surface area contributed by atoms with Crippen LogP contribution in [0.4, 0.5) is 0 Å². The lowest BCUT2D eigenvalue weighted by Gasteiger charge is -2.27. The molecule has 7 nitrogen and oxygen atoms in total. The number of aromatic nitrogens is 3. The summed E-state index contributed by atoms with van der Waals surface area (Å²) in [5.41, 5.74) is 9.91. The van der Waals surface area contributed by atoms with E-state index in [4.69, 9.17) is 20.2 Å². The molecule has 2 aliphatic rings. The number of nitrogens with two attached hydrogens (primary N) is 1. The van der Waals surface area contributed by atoms with Gasteiger partial charge in [-0.3, -0.25) is 9.97 Å². The van der Waals surface area contributed by atoms with E-state index in [1.54, 1.807) is 0 Å². The molecule has 32 heavy (non-hydrogen) atoms. The number of carbonyl (C=O) groups excluding carboxylic acids is 1. The van der Waals surface area contributed by atoms with Gasteiger partial charge in [0, 0.05) is 41.7 Å². The van der Waals surface area contributed by atoms with E-state index in [1.807, 2.05) is 52.2 Å². The number of nitrogens with zero attached hydrogens (tertiary/aromatic N) is 3. The summed E-state index contributed by atoms with van der Waals surface area (Å²) in [5.74, 6) is 0.354. The molecule has 1 fully saturated rings. The minimum Gasteiger partial charge on any atom is -0.474 e. The van der Waals surface area contributed by atoms with E-state index in [0.29, 0.717) is 17.9 Å². The van der Waals surface area contributed by atoms with Gasteiger partial charge in [0.2, 0.25) is 5.88 Å². The minimum atomic E-state index is -0.558. The minimum absolute atomic E-state index is 0.0464. The molecule has 7 heteroatoms. The summed E-state index contributed by atoms with van der Waals surface area (Å²) in [6.07, 6.45) is 6.37. The predicted octanol–water partition coefficient (Wildman–Crippen LogP) is 4.01. The summed E-state index contributed by atoms with van der Waals surface area (Å²) >= 11 is 0. The molecule has 0 amide bonds. The van der Waals surface area contributed by atoms with Gasteiger partial charge in [0.15, 0.2) is 0 Å². The van der Waals surface area contributed by atoms with Crippen LogP contribution in [-0.4, -0.2) is 33.1 Å². The van der Waals surface area contributed by atoms with Crippen LogP contribution in [0, 0.1) is 0 Å². The maximum atomic E-state index is 12.2. The Hall–Kier alpha value is -3.06. The number of rotatable bonds is 5. The number of esters is 1. The smallest absolute Gasteiger partial charge is 0.340 e. The third kappa shape index (κ3) is 3.81. The van der Waals surface area contributed by atoms with Crippen molar-refractivity contribution in [1.82, 2.24) is 15.0 Å². The molecule has 2 N–H and O–H groups in total. The molecule has 0 spiro atoms. The first-order valence-corrected chi connectivity index (χ1v) is 11.1. The van der Waals surface area contributed by atoms with Crippen molar-refractivity contribution in [3.63, 3.8) is 0 Å². The third-order valence-electron chi connectivity index (χ3n) is 6.28. The zero-order chi connectivity index (χ0) is 22.6. The number of pyridine rings is 3. The van der Waals surface area contributed by atoms with Crippen LogP contribution in [0.25, 0.3) is 10.8 Å². The van der Waals surface area contributed by atoms with E-state index in [2.05, 4.69) is 16.0 Å². The quantitative estimate of drug-likeness (QED) is 0.608. The number of cyclic esters (lactones) is 1. The van der Waals surface area contributed by atoms with Gasteiger partial charge < -0.3 is 15.2 Å². The molecular formula is C25H28N4O3. The summed E-state index contributed by atoms with van der Waals surface area (Å²) in [6, 6.07) is 5.74. The van der Waals surface area contributed by atoms with E-state index < -0.39 is 5.54 Å². The van der Waals surface area contributed by atoms with Gasteiger partial charge in [-0.2, -0.15) is 0 Å². The fourth-order valence-electron chi connectivity index (χ4n) is 4.08. The SMILES string of the molecule is C[C@H]1OC(=O)c2ccc(Cc3cc4c(C(C)(C)N)cnc(OC5CC5)c4cn3)nc2[C@@H]1C. The lowest BCUT2D eigenvalue weighted by Crippen LogP contribution is -2.29. The summed E-state index contributed by atoms with van der Waals surface area (Å²) in [4.78, 5) is 26.2. The molecule has 0 radical (unpaired) electrons. The number of hydrogen-bond donors (Lipinski definition) is 1. The van der Waals surface area contributed by atoms with Gasteiger partial charge in [0.1, 0.15) is 12.2 Å². The molecule has 2 atom stereocenters. The Labute approximate surface area is 187 Å². The van der Waals surface area contributed by atoms with Gasteiger partial charge in [0.25, 0.3) is 0 Å². The van der Waals surface area contributed by atoms with Crippen LogP contribution < -0.4 is 10.5 Å². The fraction of sp³-hybridized carbons (Fsp3) is 0.440. The Morgan fingerprint density at radius 2 is 1.91 bits per heavy atom. The van der Waals surface area contributed by atoms with E-state index in [0.717, 1.165) is 46.3 Å². The van der Waals surface area contributed by atoms with Gasteiger partial charge in [0.05, 0.1) is 16.6 Å². The molecule has 0 saturated heterocycles. The van der Waals surface area contributed by atoms with Gasteiger partial charge >= 0.3 is 5.97 Å². The maximum absolute atomic E-state index is 12.2. The van der Waals surface area contributed by atoms with Crippen LogP contribution in [-0.2, 0) is 16.7 Å². The molecule has 0 unspecified atom stereocenters. The van der Waals surface area contributed by atoms with E-state index in [9.17, 15) is 4.79 Å². The Balaban J connectivity index is 1.53. The fourth-order valence-corrected chi connectivity index (χ4v) is 4.08. The second-order valence-electron chi connectivity index (χ2n) is 9.55. The first-order chi connectivity index (χ1) is 15.2. The zero-order valence-corrected chi connectivity index (χ0v) is 18.9. The summed E-state index contributed by atoms with van der Waals surface area (Å²) in [5, 5.41) is 1.87. The lowest BCUT2D eigenvalue weighted by molar-refractivity contribution is 0.0234. The van der Waals surface area contributed by atoms with Crippen LogP contribution in [0.1, 0.15) is 79.5 Å². The topological polar surface area (TPSA) is 100 Å². The van der Waals surface area contributed by atoms with Gasteiger partial charge in [-0.1, -0.05) is 6.92 Å². The van der Waals surface area contributed by atoms with Crippen LogP contribution in [0.3, 0.4) is 0 Å². The number of hydrogen-bond acceptors (Lipinski definition) is 7. The van der Waals surface area contributed by atoms with Crippen molar-refractivity contribution in [3.05, 3.63) is 58.8 Å². The third-order valence-corrected chi connectivity index (χ3v) is 6.28. The Kier molecular flexibility index (Phi) is 4.89. The van der Waals surface area contributed by atoms with Crippen LogP contribution in [0.15, 0.2) is 30.6 Å². The average molecular weight is 433 g/mol. The Morgan fingerprint density at radius 3 is 2.62 bits per heavy atom. The van der Waals surface area contributed by atoms with Crippen molar-refractivity contribution in [1.29, 1.82) is 0 Å². The number of carbonyl (C=O) groups is 1. The van der Waals surface area contributed by atoms with E-state index >= 15 is 0 Å². The van der Waals surface area contributed by atoms with E-state index in [-0.39, 0.29) is 24.1 Å². The Morgan fingerprint density at radius 1 is 1.12 bits per heavy atom.